The Morgan fingerprint density at radius 3 is 2.57 bits per heavy atom. The zero-order valence-corrected chi connectivity index (χ0v) is 17.0. The van der Waals surface area contributed by atoms with Crippen molar-refractivity contribution in [1.29, 1.82) is 0 Å². The summed E-state index contributed by atoms with van der Waals surface area (Å²) in [6.07, 6.45) is 7.75. The van der Waals surface area contributed by atoms with Crippen molar-refractivity contribution in [2.24, 2.45) is 17.8 Å². The zero-order valence-electron chi connectivity index (χ0n) is 17.0. The summed E-state index contributed by atoms with van der Waals surface area (Å²) >= 11 is 0. The summed E-state index contributed by atoms with van der Waals surface area (Å²) in [5.41, 5.74) is 0.489. The number of rotatable bonds is 7. The monoisotopic (exact) mass is 387 g/mol. The molecule has 1 aliphatic carbocycles. The topological polar surface area (TPSA) is 75.4 Å². The van der Waals surface area contributed by atoms with Crippen LogP contribution in [0.5, 0.6) is 0 Å². The van der Waals surface area contributed by atoms with Crippen molar-refractivity contribution in [1.82, 2.24) is 15.4 Å². The lowest BCUT2D eigenvalue weighted by atomic mass is 9.82. The summed E-state index contributed by atoms with van der Waals surface area (Å²) in [7, 11) is 0. The van der Waals surface area contributed by atoms with Crippen molar-refractivity contribution >= 4 is 11.7 Å². The van der Waals surface area contributed by atoms with E-state index in [0.29, 0.717) is 48.1 Å². The molecule has 2 aliphatic heterocycles. The molecule has 4 rings (SSSR count). The Morgan fingerprint density at radius 1 is 1.18 bits per heavy atom. The van der Waals surface area contributed by atoms with Crippen LogP contribution in [-0.4, -0.2) is 47.9 Å². The predicted octanol–water partition coefficient (Wildman–Crippen LogP) is 3.39. The minimum absolute atomic E-state index is 0.0903. The first kappa shape index (κ1) is 19.6. The number of amides is 1. The van der Waals surface area contributed by atoms with Gasteiger partial charge in [0.1, 0.15) is 11.5 Å². The number of nitrogens with one attached hydrogen (secondary N) is 1. The normalized spacial score (nSPS) is 23.0. The summed E-state index contributed by atoms with van der Waals surface area (Å²) in [6, 6.07) is 1.84. The van der Waals surface area contributed by atoms with Gasteiger partial charge in [-0.1, -0.05) is 12.1 Å². The summed E-state index contributed by atoms with van der Waals surface area (Å²) in [6.45, 7) is 5.92. The highest BCUT2D eigenvalue weighted by Gasteiger charge is 2.31. The van der Waals surface area contributed by atoms with Crippen LogP contribution in [0.3, 0.4) is 0 Å². The highest BCUT2D eigenvalue weighted by Crippen LogP contribution is 2.40. The van der Waals surface area contributed by atoms with Gasteiger partial charge < -0.3 is 14.7 Å². The summed E-state index contributed by atoms with van der Waals surface area (Å²) in [5, 5.41) is 7.34. The standard InChI is InChI=1S/C22H33N3O3/c1-15(12-20(26)19-14-21(28-24-19)18-2-3-18)17-6-10-25(11-7-17)22(27)13-16-4-8-23-9-5-16/h14-18,23H,2-13H2,1H3/t15-/m1/s1. The van der Waals surface area contributed by atoms with Gasteiger partial charge in [0.05, 0.1) is 0 Å². The van der Waals surface area contributed by atoms with Gasteiger partial charge in [-0.25, -0.2) is 0 Å². The Hall–Kier alpha value is -1.69. The van der Waals surface area contributed by atoms with Crippen LogP contribution in [0.15, 0.2) is 10.6 Å². The highest BCUT2D eigenvalue weighted by molar-refractivity contribution is 5.94. The van der Waals surface area contributed by atoms with E-state index in [2.05, 4.69) is 17.4 Å². The molecular weight excluding hydrogens is 354 g/mol. The molecule has 1 atom stereocenters. The van der Waals surface area contributed by atoms with E-state index in [9.17, 15) is 9.59 Å². The molecule has 0 radical (unpaired) electrons. The van der Waals surface area contributed by atoms with Crippen molar-refractivity contribution in [3.63, 3.8) is 0 Å². The van der Waals surface area contributed by atoms with Crippen LogP contribution < -0.4 is 5.32 Å². The molecule has 6 heteroatoms. The van der Waals surface area contributed by atoms with Crippen LogP contribution in [0.2, 0.25) is 0 Å². The average molecular weight is 388 g/mol. The molecule has 2 saturated heterocycles. The van der Waals surface area contributed by atoms with Gasteiger partial charge in [0.25, 0.3) is 0 Å². The molecule has 3 heterocycles. The minimum atomic E-state index is 0.0903. The van der Waals surface area contributed by atoms with E-state index >= 15 is 0 Å². The molecule has 6 nitrogen and oxygen atoms in total. The van der Waals surface area contributed by atoms with Crippen LogP contribution in [-0.2, 0) is 4.79 Å². The first-order chi connectivity index (χ1) is 13.6. The number of hydrogen-bond acceptors (Lipinski definition) is 5. The zero-order chi connectivity index (χ0) is 19.5. The van der Waals surface area contributed by atoms with E-state index in [1.165, 1.54) is 0 Å². The number of carbonyl (C=O) groups is 2. The number of Topliss-reactive ketones (excluding diaryl/α,β-unsaturated/α-hetero) is 1. The second-order valence-electron chi connectivity index (χ2n) is 9.11. The molecule has 3 fully saturated rings. The lowest BCUT2D eigenvalue weighted by molar-refractivity contribution is -0.134. The number of aromatic nitrogens is 1. The van der Waals surface area contributed by atoms with E-state index in [-0.39, 0.29) is 5.78 Å². The van der Waals surface area contributed by atoms with Crippen LogP contribution in [0.4, 0.5) is 0 Å². The number of ketones is 1. The lowest BCUT2D eigenvalue weighted by Gasteiger charge is -2.35. The van der Waals surface area contributed by atoms with Gasteiger partial charge in [0, 0.05) is 37.9 Å². The summed E-state index contributed by atoms with van der Waals surface area (Å²) in [5.74, 6) is 3.13. The Morgan fingerprint density at radius 2 is 1.89 bits per heavy atom. The smallest absolute Gasteiger partial charge is 0.222 e. The largest absolute Gasteiger partial charge is 0.360 e. The van der Waals surface area contributed by atoms with E-state index in [1.54, 1.807) is 0 Å². The molecule has 28 heavy (non-hydrogen) atoms. The van der Waals surface area contributed by atoms with Crippen LogP contribution >= 0.6 is 0 Å². The minimum Gasteiger partial charge on any atom is -0.360 e. The van der Waals surface area contributed by atoms with Crippen LogP contribution in [0.1, 0.15) is 80.5 Å². The van der Waals surface area contributed by atoms with Gasteiger partial charge in [-0.3, -0.25) is 9.59 Å². The van der Waals surface area contributed by atoms with Gasteiger partial charge in [-0.15, -0.1) is 0 Å². The molecule has 0 unspecified atom stereocenters. The number of hydrogen-bond donors (Lipinski definition) is 1. The quantitative estimate of drug-likeness (QED) is 0.726. The molecule has 1 N–H and O–H groups in total. The molecule has 1 aromatic rings. The third-order valence-electron chi connectivity index (χ3n) is 6.92. The highest BCUT2D eigenvalue weighted by atomic mass is 16.5. The van der Waals surface area contributed by atoms with Crippen LogP contribution in [0.25, 0.3) is 0 Å². The van der Waals surface area contributed by atoms with Crippen molar-refractivity contribution in [2.75, 3.05) is 26.2 Å². The predicted molar refractivity (Wildman–Crippen MR) is 106 cm³/mol. The number of carbonyl (C=O) groups excluding carboxylic acids is 2. The molecule has 3 aliphatic rings. The Kier molecular flexibility index (Phi) is 6.14. The fourth-order valence-electron chi connectivity index (χ4n) is 4.72. The number of likely N-dealkylation sites (tertiary alicyclic amines) is 1. The molecule has 154 valence electrons. The molecule has 1 aromatic heterocycles. The molecule has 0 aromatic carbocycles. The second kappa shape index (κ2) is 8.76. The third kappa shape index (κ3) is 4.83. The molecule has 1 saturated carbocycles. The Labute approximate surface area is 167 Å². The maximum absolute atomic E-state index is 12.6. The van der Waals surface area contributed by atoms with Crippen LogP contribution in [0, 0.1) is 17.8 Å². The Balaban J connectivity index is 1.21. The second-order valence-corrected chi connectivity index (χ2v) is 9.11. The fourth-order valence-corrected chi connectivity index (χ4v) is 4.72. The molecule has 1 amide bonds. The fraction of sp³-hybridized carbons (Fsp3) is 0.773. The molecule has 0 bridgehead atoms. The maximum atomic E-state index is 12.6. The first-order valence-corrected chi connectivity index (χ1v) is 11.1. The first-order valence-electron chi connectivity index (χ1n) is 11.1. The summed E-state index contributed by atoms with van der Waals surface area (Å²) in [4.78, 5) is 27.2. The maximum Gasteiger partial charge on any atom is 0.222 e. The van der Waals surface area contributed by atoms with Gasteiger partial charge in [-0.2, -0.15) is 0 Å². The van der Waals surface area contributed by atoms with E-state index in [0.717, 1.165) is 70.5 Å². The van der Waals surface area contributed by atoms with Gasteiger partial charge in [0.2, 0.25) is 5.91 Å². The average Bonchev–Trinajstić information content (AvgIpc) is 3.45. The van der Waals surface area contributed by atoms with Crippen molar-refractivity contribution in [3.05, 3.63) is 17.5 Å². The van der Waals surface area contributed by atoms with Crippen molar-refractivity contribution < 1.29 is 14.1 Å². The van der Waals surface area contributed by atoms with Gasteiger partial charge >= 0.3 is 0 Å². The number of nitrogens with zero attached hydrogens (tertiary/aromatic N) is 2. The van der Waals surface area contributed by atoms with Crippen molar-refractivity contribution in [3.8, 4) is 0 Å². The molecular formula is C22H33N3O3. The van der Waals surface area contributed by atoms with Gasteiger partial charge in [-0.05, 0) is 69.4 Å². The van der Waals surface area contributed by atoms with Gasteiger partial charge in [0.15, 0.2) is 5.78 Å². The van der Waals surface area contributed by atoms with Crippen molar-refractivity contribution in [2.45, 2.75) is 64.2 Å². The SMILES string of the molecule is C[C@H](CC(=O)c1cc(C2CC2)on1)C1CCN(C(=O)CC2CCNCC2)CC1. The number of piperidine rings is 2. The lowest BCUT2D eigenvalue weighted by Crippen LogP contribution is -2.41. The Bertz CT molecular complexity index is 683. The third-order valence-corrected chi connectivity index (χ3v) is 6.92. The van der Waals surface area contributed by atoms with E-state index in [1.807, 2.05) is 11.0 Å². The summed E-state index contributed by atoms with van der Waals surface area (Å²) < 4.78 is 5.32. The van der Waals surface area contributed by atoms with E-state index in [4.69, 9.17) is 4.52 Å². The van der Waals surface area contributed by atoms with E-state index < -0.39 is 0 Å². The molecule has 0 spiro atoms.